The van der Waals surface area contributed by atoms with Crippen molar-refractivity contribution in [3.8, 4) is 11.1 Å². The second-order valence-electron chi connectivity index (χ2n) is 8.00. The standard InChI is InChI=1S/C26H22O3/c1-15-5-9-19-20-10-6-16(2)14-22(20)26(25(27)21(19)13-15,23-11-7-17(3)28-23)24-12-8-18(4)29-24/h5-14H,1-4H3. The highest BCUT2D eigenvalue weighted by atomic mass is 16.4. The first kappa shape index (κ1) is 17.7. The van der Waals surface area contributed by atoms with Gasteiger partial charge in [0.15, 0.2) is 11.2 Å². The predicted molar refractivity (Wildman–Crippen MR) is 112 cm³/mol. The topological polar surface area (TPSA) is 43.4 Å². The van der Waals surface area contributed by atoms with Crippen molar-refractivity contribution in [1.29, 1.82) is 0 Å². The first-order valence-electron chi connectivity index (χ1n) is 9.82. The number of Topliss-reactive ketones (excluding diaryl/α,β-unsaturated/α-hetero) is 1. The van der Waals surface area contributed by atoms with E-state index in [-0.39, 0.29) is 5.78 Å². The van der Waals surface area contributed by atoms with Gasteiger partial charge in [0.05, 0.1) is 0 Å². The van der Waals surface area contributed by atoms with E-state index in [0.29, 0.717) is 17.1 Å². The molecule has 0 atom stereocenters. The van der Waals surface area contributed by atoms with E-state index >= 15 is 0 Å². The van der Waals surface area contributed by atoms with Crippen molar-refractivity contribution in [3.63, 3.8) is 0 Å². The zero-order valence-electron chi connectivity index (χ0n) is 17.0. The van der Waals surface area contributed by atoms with Gasteiger partial charge in [-0.25, -0.2) is 0 Å². The summed E-state index contributed by atoms with van der Waals surface area (Å²) in [4.78, 5) is 14.3. The Morgan fingerprint density at radius 1 is 0.621 bits per heavy atom. The number of benzene rings is 2. The minimum absolute atomic E-state index is 0.0157. The average Bonchev–Trinajstić information content (AvgIpc) is 3.31. The van der Waals surface area contributed by atoms with Crippen molar-refractivity contribution < 1.29 is 13.6 Å². The van der Waals surface area contributed by atoms with E-state index in [9.17, 15) is 4.79 Å². The Morgan fingerprint density at radius 2 is 1.17 bits per heavy atom. The fourth-order valence-corrected chi connectivity index (χ4v) is 4.49. The summed E-state index contributed by atoms with van der Waals surface area (Å²) in [6, 6.07) is 20.0. The molecule has 0 unspecified atom stereocenters. The zero-order chi connectivity index (χ0) is 20.3. The van der Waals surface area contributed by atoms with E-state index in [0.717, 1.165) is 39.3 Å². The van der Waals surface area contributed by atoms with Gasteiger partial charge in [0.1, 0.15) is 23.0 Å². The number of furan rings is 2. The molecule has 144 valence electrons. The van der Waals surface area contributed by atoms with Crippen LogP contribution in [0.3, 0.4) is 0 Å². The molecule has 0 aliphatic heterocycles. The Hall–Kier alpha value is -3.33. The molecule has 1 aliphatic rings. The molecule has 0 N–H and O–H groups in total. The minimum Gasteiger partial charge on any atom is -0.464 e. The number of rotatable bonds is 2. The number of hydrogen-bond acceptors (Lipinski definition) is 3. The number of hydrogen-bond donors (Lipinski definition) is 0. The Bertz CT molecular complexity index is 1230. The van der Waals surface area contributed by atoms with Crippen LogP contribution >= 0.6 is 0 Å². The molecule has 0 fully saturated rings. The normalized spacial score (nSPS) is 14.6. The molecule has 2 aromatic heterocycles. The number of ketones is 1. The van der Waals surface area contributed by atoms with Gasteiger partial charge in [-0.1, -0.05) is 41.5 Å². The van der Waals surface area contributed by atoms with E-state index in [2.05, 4.69) is 24.3 Å². The van der Waals surface area contributed by atoms with Crippen molar-refractivity contribution in [2.24, 2.45) is 0 Å². The summed E-state index contributed by atoms with van der Waals surface area (Å²) < 4.78 is 12.2. The first-order chi connectivity index (χ1) is 13.9. The van der Waals surface area contributed by atoms with Gasteiger partial charge in [-0.2, -0.15) is 0 Å². The fourth-order valence-electron chi connectivity index (χ4n) is 4.49. The quantitative estimate of drug-likeness (QED) is 0.408. The van der Waals surface area contributed by atoms with Gasteiger partial charge in [0, 0.05) is 5.56 Å². The van der Waals surface area contributed by atoms with Gasteiger partial charge < -0.3 is 8.83 Å². The molecule has 0 bridgehead atoms. The molecule has 3 heteroatoms. The van der Waals surface area contributed by atoms with E-state index in [1.807, 2.05) is 64.1 Å². The summed E-state index contributed by atoms with van der Waals surface area (Å²) in [6.45, 7) is 7.84. The van der Waals surface area contributed by atoms with E-state index in [4.69, 9.17) is 8.83 Å². The van der Waals surface area contributed by atoms with Crippen LogP contribution in [0.15, 0.2) is 69.5 Å². The Morgan fingerprint density at radius 3 is 1.72 bits per heavy atom. The SMILES string of the molecule is Cc1ccc2c(c1)C(=O)C(c1ccc(C)o1)(c1ccc(C)o1)c1cc(C)ccc1-2. The number of aryl methyl sites for hydroxylation is 4. The van der Waals surface area contributed by atoms with Gasteiger partial charge in [-0.05, 0) is 74.7 Å². The molecule has 0 saturated heterocycles. The van der Waals surface area contributed by atoms with Crippen LogP contribution in [-0.4, -0.2) is 5.78 Å². The van der Waals surface area contributed by atoms with Gasteiger partial charge in [0.25, 0.3) is 0 Å². The maximum Gasteiger partial charge on any atom is 0.189 e. The third kappa shape index (κ3) is 2.40. The molecule has 5 rings (SSSR count). The third-order valence-corrected chi connectivity index (χ3v) is 5.85. The molecule has 2 aromatic carbocycles. The molecule has 1 aliphatic carbocycles. The predicted octanol–water partition coefficient (Wildman–Crippen LogP) is 6.30. The average molecular weight is 382 g/mol. The number of fused-ring (bicyclic) bond motifs is 3. The van der Waals surface area contributed by atoms with Gasteiger partial charge in [-0.15, -0.1) is 0 Å². The van der Waals surface area contributed by atoms with Crippen LogP contribution in [0.5, 0.6) is 0 Å². The van der Waals surface area contributed by atoms with Gasteiger partial charge in [-0.3, -0.25) is 4.79 Å². The highest BCUT2D eigenvalue weighted by Crippen LogP contribution is 2.51. The van der Waals surface area contributed by atoms with Crippen LogP contribution in [0.2, 0.25) is 0 Å². The molecule has 3 nitrogen and oxygen atoms in total. The van der Waals surface area contributed by atoms with Crippen molar-refractivity contribution in [3.05, 3.63) is 106 Å². The molecule has 4 aromatic rings. The number of carbonyl (C=O) groups is 1. The fraction of sp³-hybridized carbons (Fsp3) is 0.192. The van der Waals surface area contributed by atoms with Crippen molar-refractivity contribution in [2.75, 3.05) is 0 Å². The van der Waals surface area contributed by atoms with E-state index in [1.54, 1.807) is 0 Å². The Balaban J connectivity index is 1.97. The molecule has 0 spiro atoms. The summed E-state index contributed by atoms with van der Waals surface area (Å²) in [5.74, 6) is 2.69. The van der Waals surface area contributed by atoms with Crippen LogP contribution in [-0.2, 0) is 5.41 Å². The van der Waals surface area contributed by atoms with Gasteiger partial charge in [0.2, 0.25) is 0 Å². The molecule has 0 amide bonds. The molecule has 2 heterocycles. The van der Waals surface area contributed by atoms with E-state index in [1.165, 1.54) is 0 Å². The molecular formula is C26H22O3. The van der Waals surface area contributed by atoms with Crippen molar-refractivity contribution in [1.82, 2.24) is 0 Å². The first-order valence-corrected chi connectivity index (χ1v) is 9.82. The second-order valence-corrected chi connectivity index (χ2v) is 8.00. The largest absolute Gasteiger partial charge is 0.464 e. The monoisotopic (exact) mass is 382 g/mol. The zero-order valence-corrected chi connectivity index (χ0v) is 17.0. The lowest BCUT2D eigenvalue weighted by molar-refractivity contribution is 0.0904. The van der Waals surface area contributed by atoms with Crippen molar-refractivity contribution in [2.45, 2.75) is 33.1 Å². The third-order valence-electron chi connectivity index (χ3n) is 5.85. The maximum absolute atomic E-state index is 14.3. The molecule has 0 radical (unpaired) electrons. The summed E-state index contributed by atoms with van der Waals surface area (Å²) in [5.41, 5.74) is 4.58. The van der Waals surface area contributed by atoms with Crippen LogP contribution in [0.1, 0.15) is 50.1 Å². The second kappa shape index (κ2) is 6.08. The lowest BCUT2D eigenvalue weighted by Gasteiger charge is -2.36. The smallest absolute Gasteiger partial charge is 0.189 e. The van der Waals surface area contributed by atoms with Crippen molar-refractivity contribution >= 4 is 5.78 Å². The minimum atomic E-state index is -1.15. The highest BCUT2D eigenvalue weighted by Gasteiger charge is 2.53. The summed E-state index contributed by atoms with van der Waals surface area (Å²) >= 11 is 0. The Kier molecular flexibility index (Phi) is 3.72. The summed E-state index contributed by atoms with van der Waals surface area (Å²) in [7, 11) is 0. The molecule has 29 heavy (non-hydrogen) atoms. The lowest BCUT2D eigenvalue weighted by Crippen LogP contribution is -2.41. The van der Waals surface area contributed by atoms with Gasteiger partial charge >= 0.3 is 0 Å². The highest BCUT2D eigenvalue weighted by molar-refractivity contribution is 6.16. The van der Waals surface area contributed by atoms with Crippen LogP contribution in [0.4, 0.5) is 0 Å². The van der Waals surface area contributed by atoms with Crippen LogP contribution < -0.4 is 0 Å². The van der Waals surface area contributed by atoms with Crippen LogP contribution in [0, 0.1) is 27.7 Å². The van der Waals surface area contributed by atoms with Crippen LogP contribution in [0.25, 0.3) is 11.1 Å². The summed E-state index contributed by atoms with van der Waals surface area (Å²) in [6.07, 6.45) is 0. The molecular weight excluding hydrogens is 360 g/mol. The van der Waals surface area contributed by atoms with E-state index < -0.39 is 5.41 Å². The Labute approximate surface area is 170 Å². The number of carbonyl (C=O) groups excluding carboxylic acids is 1. The lowest BCUT2D eigenvalue weighted by atomic mass is 9.63. The summed E-state index contributed by atoms with van der Waals surface area (Å²) in [5, 5.41) is 0. The maximum atomic E-state index is 14.3. The molecule has 0 saturated carbocycles.